The number of pyridine rings is 1. The summed E-state index contributed by atoms with van der Waals surface area (Å²) in [6.07, 6.45) is -3.45. The zero-order valence-electron chi connectivity index (χ0n) is 16.6. The molecule has 29 heavy (non-hydrogen) atoms. The van der Waals surface area contributed by atoms with Crippen LogP contribution in [0.3, 0.4) is 0 Å². The van der Waals surface area contributed by atoms with Crippen LogP contribution in [0.2, 0.25) is 0 Å². The highest BCUT2D eigenvalue weighted by atomic mass is 32.2. The zero-order valence-corrected chi connectivity index (χ0v) is 17.4. The van der Waals surface area contributed by atoms with Crippen molar-refractivity contribution in [1.29, 1.82) is 0 Å². The summed E-state index contributed by atoms with van der Waals surface area (Å²) < 4.78 is 46.0. The number of nitrogen functional groups attached to an aromatic ring is 1. The third-order valence-electron chi connectivity index (χ3n) is 4.64. The van der Waals surface area contributed by atoms with Crippen LogP contribution in [0.4, 0.5) is 24.9 Å². The number of nitrogens with two attached hydrogens (primary N) is 1. The SMILES string of the molecule is CCSC(C)(C)c1cc(-c2cnc(N)cc2C(F)(F)F)nc(N2CCOCC2)n1. The summed E-state index contributed by atoms with van der Waals surface area (Å²) in [5.74, 6) is 1.05. The van der Waals surface area contributed by atoms with Gasteiger partial charge in [0.2, 0.25) is 5.95 Å². The molecule has 0 spiro atoms. The molecule has 3 rings (SSSR count). The summed E-state index contributed by atoms with van der Waals surface area (Å²) in [6.45, 7) is 8.24. The van der Waals surface area contributed by atoms with Gasteiger partial charge in [-0.25, -0.2) is 15.0 Å². The first-order valence-corrected chi connectivity index (χ1v) is 10.3. The molecule has 0 unspecified atom stereocenters. The number of thioether (sulfide) groups is 1. The lowest BCUT2D eigenvalue weighted by molar-refractivity contribution is -0.137. The first-order valence-electron chi connectivity index (χ1n) is 9.31. The van der Waals surface area contributed by atoms with Gasteiger partial charge in [0.15, 0.2) is 0 Å². The molecule has 0 radical (unpaired) electrons. The lowest BCUT2D eigenvalue weighted by Gasteiger charge is -2.30. The second-order valence-electron chi connectivity index (χ2n) is 7.13. The Labute approximate surface area is 172 Å². The molecule has 1 saturated heterocycles. The average Bonchev–Trinajstić information content (AvgIpc) is 2.67. The molecule has 3 heterocycles. The fourth-order valence-corrected chi connectivity index (χ4v) is 4.10. The first kappa shape index (κ1) is 21.6. The summed E-state index contributed by atoms with van der Waals surface area (Å²) in [7, 11) is 0. The highest BCUT2D eigenvalue weighted by Gasteiger charge is 2.35. The van der Waals surface area contributed by atoms with Gasteiger partial charge in [0, 0.05) is 24.8 Å². The van der Waals surface area contributed by atoms with Crippen LogP contribution in [0.25, 0.3) is 11.3 Å². The molecule has 0 aromatic carbocycles. The molecule has 1 aliphatic rings. The summed E-state index contributed by atoms with van der Waals surface area (Å²) >= 11 is 1.67. The smallest absolute Gasteiger partial charge is 0.384 e. The molecule has 10 heteroatoms. The van der Waals surface area contributed by atoms with E-state index >= 15 is 0 Å². The fraction of sp³-hybridized carbons (Fsp3) is 0.526. The van der Waals surface area contributed by atoms with Crippen molar-refractivity contribution in [2.45, 2.75) is 31.7 Å². The Morgan fingerprint density at radius 2 is 1.86 bits per heavy atom. The topological polar surface area (TPSA) is 77.2 Å². The van der Waals surface area contributed by atoms with E-state index in [1.54, 1.807) is 17.8 Å². The van der Waals surface area contributed by atoms with E-state index in [9.17, 15) is 13.2 Å². The molecule has 0 amide bonds. The van der Waals surface area contributed by atoms with Crippen molar-refractivity contribution >= 4 is 23.5 Å². The van der Waals surface area contributed by atoms with Gasteiger partial charge in [0.25, 0.3) is 0 Å². The van der Waals surface area contributed by atoms with E-state index in [2.05, 4.69) is 9.97 Å². The standard InChI is InChI=1S/C19H24F3N5OS/c1-4-29-18(2,3)15-10-14(25-17(26-15)27-5-7-28-8-6-27)12-11-24-16(23)9-13(12)19(20,21)22/h9-11H,4-8H2,1-3H3,(H2,23,24). The van der Waals surface area contributed by atoms with Crippen LogP contribution in [0.15, 0.2) is 18.3 Å². The fourth-order valence-electron chi connectivity index (χ4n) is 3.13. The van der Waals surface area contributed by atoms with Crippen molar-refractivity contribution in [3.05, 3.63) is 29.6 Å². The third kappa shape index (κ3) is 4.92. The van der Waals surface area contributed by atoms with Crippen LogP contribution < -0.4 is 10.6 Å². The lowest BCUT2D eigenvalue weighted by Crippen LogP contribution is -2.37. The van der Waals surface area contributed by atoms with Crippen molar-refractivity contribution in [2.24, 2.45) is 0 Å². The number of alkyl halides is 3. The predicted molar refractivity (Wildman–Crippen MR) is 109 cm³/mol. The second kappa shape index (κ2) is 8.35. The Kier molecular flexibility index (Phi) is 6.23. The first-order chi connectivity index (χ1) is 13.6. The van der Waals surface area contributed by atoms with Gasteiger partial charge in [0.05, 0.1) is 34.9 Å². The van der Waals surface area contributed by atoms with Crippen molar-refractivity contribution < 1.29 is 17.9 Å². The van der Waals surface area contributed by atoms with Crippen LogP contribution in [-0.2, 0) is 15.7 Å². The van der Waals surface area contributed by atoms with Gasteiger partial charge < -0.3 is 15.4 Å². The molecule has 0 atom stereocenters. The second-order valence-corrected chi connectivity index (χ2v) is 9.02. The van der Waals surface area contributed by atoms with Crippen molar-refractivity contribution in [1.82, 2.24) is 15.0 Å². The summed E-state index contributed by atoms with van der Waals surface area (Å²) in [5, 5.41) is 0. The van der Waals surface area contributed by atoms with Crippen LogP contribution in [0, 0.1) is 0 Å². The lowest BCUT2D eigenvalue weighted by atomic mass is 10.0. The molecule has 2 aromatic rings. The van der Waals surface area contributed by atoms with E-state index in [0.717, 1.165) is 18.0 Å². The number of anilines is 2. The van der Waals surface area contributed by atoms with Crippen LogP contribution in [0.5, 0.6) is 0 Å². The number of hydrogen-bond acceptors (Lipinski definition) is 7. The largest absolute Gasteiger partial charge is 0.417 e. The molecule has 0 bridgehead atoms. The number of halogens is 3. The van der Waals surface area contributed by atoms with E-state index in [0.29, 0.717) is 37.9 Å². The Morgan fingerprint density at radius 3 is 2.48 bits per heavy atom. The van der Waals surface area contributed by atoms with Gasteiger partial charge in [-0.15, -0.1) is 11.8 Å². The molecule has 2 aromatic heterocycles. The normalized spacial score (nSPS) is 15.6. The average molecular weight is 427 g/mol. The predicted octanol–water partition coefficient (Wildman–Crippen LogP) is 3.96. The van der Waals surface area contributed by atoms with Gasteiger partial charge in [-0.3, -0.25) is 0 Å². The summed E-state index contributed by atoms with van der Waals surface area (Å²) in [4.78, 5) is 15.0. The molecule has 2 N–H and O–H groups in total. The summed E-state index contributed by atoms with van der Waals surface area (Å²) in [5.41, 5.74) is 5.40. The molecule has 0 aliphatic carbocycles. The number of ether oxygens (including phenoxy) is 1. The van der Waals surface area contributed by atoms with Crippen LogP contribution in [-0.4, -0.2) is 47.0 Å². The molecular formula is C19H24F3N5OS. The van der Waals surface area contributed by atoms with Gasteiger partial charge in [-0.2, -0.15) is 13.2 Å². The maximum Gasteiger partial charge on any atom is 0.417 e. The van der Waals surface area contributed by atoms with E-state index in [-0.39, 0.29) is 17.1 Å². The number of aromatic nitrogens is 3. The number of rotatable bonds is 5. The Balaban J connectivity index is 2.18. The quantitative estimate of drug-likeness (QED) is 0.774. The number of morpholine rings is 1. The number of hydrogen-bond donors (Lipinski definition) is 1. The Morgan fingerprint density at radius 1 is 1.17 bits per heavy atom. The molecule has 1 aliphatic heterocycles. The zero-order chi connectivity index (χ0) is 21.2. The van der Waals surface area contributed by atoms with Crippen molar-refractivity contribution in [3.63, 3.8) is 0 Å². The number of nitrogens with zero attached hydrogens (tertiary/aromatic N) is 4. The maximum atomic E-state index is 13.7. The highest BCUT2D eigenvalue weighted by Crippen LogP contribution is 2.40. The molecule has 0 saturated carbocycles. The minimum absolute atomic E-state index is 0.109. The van der Waals surface area contributed by atoms with Crippen LogP contribution in [0.1, 0.15) is 32.0 Å². The highest BCUT2D eigenvalue weighted by molar-refractivity contribution is 8.00. The van der Waals surface area contributed by atoms with Gasteiger partial charge in [-0.05, 0) is 31.7 Å². The van der Waals surface area contributed by atoms with Gasteiger partial charge in [0.1, 0.15) is 5.82 Å². The van der Waals surface area contributed by atoms with Crippen molar-refractivity contribution in [3.8, 4) is 11.3 Å². The molecular weight excluding hydrogens is 403 g/mol. The van der Waals surface area contributed by atoms with E-state index < -0.39 is 16.5 Å². The van der Waals surface area contributed by atoms with Crippen molar-refractivity contribution in [2.75, 3.05) is 42.7 Å². The maximum absolute atomic E-state index is 13.7. The molecule has 6 nitrogen and oxygen atoms in total. The minimum Gasteiger partial charge on any atom is -0.384 e. The van der Waals surface area contributed by atoms with E-state index in [1.165, 1.54) is 0 Å². The van der Waals surface area contributed by atoms with Gasteiger partial charge >= 0.3 is 6.18 Å². The Bertz CT molecular complexity index is 869. The molecule has 158 valence electrons. The third-order valence-corrected chi connectivity index (χ3v) is 5.86. The Hall–Kier alpha value is -2.07. The van der Waals surface area contributed by atoms with Crippen LogP contribution >= 0.6 is 11.8 Å². The minimum atomic E-state index is -4.58. The molecule has 1 fully saturated rings. The van der Waals surface area contributed by atoms with Gasteiger partial charge in [-0.1, -0.05) is 6.92 Å². The van der Waals surface area contributed by atoms with E-state index in [1.807, 2.05) is 25.7 Å². The summed E-state index contributed by atoms with van der Waals surface area (Å²) in [6, 6.07) is 2.46. The monoisotopic (exact) mass is 427 g/mol. The van der Waals surface area contributed by atoms with E-state index in [4.69, 9.17) is 15.5 Å².